The molecule has 11 heteroatoms. The maximum absolute atomic E-state index is 12.6. The van der Waals surface area contributed by atoms with Gasteiger partial charge in [-0.05, 0) is 38.7 Å². The Morgan fingerprint density at radius 1 is 1.29 bits per heavy atom. The van der Waals surface area contributed by atoms with E-state index in [1.807, 2.05) is 25.8 Å². The first-order valence-corrected chi connectivity index (χ1v) is 9.96. The van der Waals surface area contributed by atoms with E-state index in [1.54, 1.807) is 0 Å². The highest BCUT2D eigenvalue weighted by Crippen LogP contribution is 2.35. The van der Waals surface area contributed by atoms with E-state index in [9.17, 15) is 18.0 Å². The number of carbonyl (C=O) groups is 1. The van der Waals surface area contributed by atoms with Gasteiger partial charge in [0.2, 0.25) is 17.7 Å². The summed E-state index contributed by atoms with van der Waals surface area (Å²) in [6, 6.07) is 2.05. The summed E-state index contributed by atoms with van der Waals surface area (Å²) >= 11 is 0. The molecule has 0 aromatic carbocycles. The average Bonchev–Trinajstić information content (AvgIpc) is 2.68. The lowest BCUT2D eigenvalue weighted by Crippen LogP contribution is -2.45. The van der Waals surface area contributed by atoms with E-state index in [0.29, 0.717) is 29.8 Å². The molecular formula is C20H23F3N6O2. The number of hydrogen-bond donors (Lipinski definition) is 2. The third-order valence-corrected chi connectivity index (χ3v) is 5.71. The second kappa shape index (κ2) is 7.86. The summed E-state index contributed by atoms with van der Waals surface area (Å²) in [6.07, 6.45) is -1.99. The Bertz CT molecular complexity index is 976. The van der Waals surface area contributed by atoms with E-state index < -0.39 is 11.7 Å². The molecule has 166 valence electrons. The van der Waals surface area contributed by atoms with Crippen molar-refractivity contribution in [3.05, 3.63) is 29.6 Å². The van der Waals surface area contributed by atoms with Crippen molar-refractivity contribution in [3.8, 4) is 5.88 Å². The van der Waals surface area contributed by atoms with Crippen LogP contribution in [-0.4, -0.2) is 46.6 Å². The van der Waals surface area contributed by atoms with Crippen molar-refractivity contribution in [2.75, 3.05) is 29.2 Å². The van der Waals surface area contributed by atoms with Crippen LogP contribution in [0.1, 0.15) is 31.0 Å². The smallest absolute Gasteiger partial charge is 0.417 e. The Morgan fingerprint density at radius 3 is 2.68 bits per heavy atom. The lowest BCUT2D eigenvalue weighted by Gasteiger charge is -2.36. The molecule has 0 radical (unpaired) electrons. The number of likely N-dealkylation sites (N-methyl/N-ethyl adjacent to an activating group) is 1. The van der Waals surface area contributed by atoms with Crippen molar-refractivity contribution in [2.45, 2.75) is 44.9 Å². The quantitative estimate of drug-likeness (QED) is 0.743. The van der Waals surface area contributed by atoms with E-state index in [2.05, 4.69) is 25.6 Å². The molecule has 1 aliphatic carbocycles. The Labute approximate surface area is 177 Å². The molecule has 1 fully saturated rings. The van der Waals surface area contributed by atoms with Gasteiger partial charge in [0, 0.05) is 25.4 Å². The van der Waals surface area contributed by atoms with Gasteiger partial charge in [0.15, 0.2) is 5.82 Å². The molecule has 0 spiro atoms. The van der Waals surface area contributed by atoms with Crippen LogP contribution in [-0.2, 0) is 11.0 Å². The fourth-order valence-electron chi connectivity index (χ4n) is 3.62. The first-order valence-electron chi connectivity index (χ1n) is 9.96. The van der Waals surface area contributed by atoms with Crippen LogP contribution in [0.2, 0.25) is 0 Å². The number of alkyl halides is 3. The van der Waals surface area contributed by atoms with Crippen molar-refractivity contribution < 1.29 is 22.7 Å². The third-order valence-electron chi connectivity index (χ3n) is 5.71. The second-order valence-corrected chi connectivity index (χ2v) is 7.98. The molecule has 2 N–H and O–H groups in total. The number of nitrogens with zero attached hydrogens (tertiary/aromatic N) is 4. The largest absolute Gasteiger partial charge is 0.477 e. The van der Waals surface area contributed by atoms with E-state index in [0.717, 1.165) is 25.1 Å². The van der Waals surface area contributed by atoms with Crippen molar-refractivity contribution >= 4 is 23.4 Å². The number of anilines is 3. The summed E-state index contributed by atoms with van der Waals surface area (Å²) in [5.74, 6) is 1.53. The average molecular weight is 436 g/mol. The topological polar surface area (TPSA) is 92.3 Å². The minimum Gasteiger partial charge on any atom is -0.477 e. The highest BCUT2D eigenvalue weighted by Gasteiger charge is 2.33. The standard InChI is InChI=1S/C20H23F3N6O2/c1-10-16-17(29(3)11(2)18(30)27-16)28-19(25-10)26-14-6-12(7-14)9-31-15-5-4-13(8-24-15)20(21,22)23/h4-5,8,11-12,14H,6-7,9H2,1-3H3,(H,27,30)(H,25,26,28)/t11-,12?,14?/m0/s1. The molecule has 1 aliphatic heterocycles. The highest BCUT2D eigenvalue weighted by molar-refractivity contribution is 6.03. The zero-order chi connectivity index (χ0) is 22.3. The molecule has 31 heavy (non-hydrogen) atoms. The molecule has 1 saturated carbocycles. The maximum Gasteiger partial charge on any atom is 0.417 e. The van der Waals surface area contributed by atoms with Gasteiger partial charge in [-0.15, -0.1) is 0 Å². The molecule has 2 aromatic heterocycles. The number of amides is 1. The summed E-state index contributed by atoms with van der Waals surface area (Å²) < 4.78 is 43.2. The Morgan fingerprint density at radius 2 is 2.03 bits per heavy atom. The van der Waals surface area contributed by atoms with Crippen LogP contribution < -0.4 is 20.3 Å². The van der Waals surface area contributed by atoms with Crippen LogP contribution in [0, 0.1) is 12.8 Å². The van der Waals surface area contributed by atoms with Crippen molar-refractivity contribution in [1.29, 1.82) is 0 Å². The number of carbonyl (C=O) groups excluding carboxylic acids is 1. The summed E-state index contributed by atoms with van der Waals surface area (Å²) in [6.45, 7) is 4.02. The fraction of sp³-hybridized carbons (Fsp3) is 0.500. The number of ether oxygens (including phenoxy) is 1. The summed E-state index contributed by atoms with van der Waals surface area (Å²) in [4.78, 5) is 26.6. The number of fused-ring (bicyclic) bond motifs is 1. The van der Waals surface area contributed by atoms with E-state index in [1.165, 1.54) is 6.07 Å². The molecule has 1 atom stereocenters. The van der Waals surface area contributed by atoms with Gasteiger partial charge < -0.3 is 20.3 Å². The Hall–Kier alpha value is -3.11. The summed E-state index contributed by atoms with van der Waals surface area (Å²) in [7, 11) is 1.82. The normalized spacial score (nSPS) is 23.0. The molecule has 8 nitrogen and oxygen atoms in total. The number of halogens is 3. The van der Waals surface area contributed by atoms with Crippen LogP contribution in [0.15, 0.2) is 18.3 Å². The third kappa shape index (κ3) is 4.35. The van der Waals surface area contributed by atoms with Gasteiger partial charge in [-0.25, -0.2) is 9.97 Å². The van der Waals surface area contributed by atoms with Gasteiger partial charge in [-0.3, -0.25) is 4.79 Å². The minimum absolute atomic E-state index is 0.0909. The van der Waals surface area contributed by atoms with Crippen molar-refractivity contribution in [1.82, 2.24) is 15.0 Å². The number of rotatable bonds is 5. The SMILES string of the molecule is Cc1nc(NC2CC(COc3ccc(C(F)(F)F)cn3)C2)nc2c1NC(=O)[C@H](C)N2C. The maximum atomic E-state index is 12.6. The van der Waals surface area contributed by atoms with Gasteiger partial charge in [-0.1, -0.05) is 0 Å². The van der Waals surface area contributed by atoms with E-state index >= 15 is 0 Å². The molecular weight excluding hydrogens is 413 g/mol. The first kappa shape index (κ1) is 21.1. The highest BCUT2D eigenvalue weighted by atomic mass is 19.4. The van der Waals surface area contributed by atoms with Crippen LogP contribution in [0.25, 0.3) is 0 Å². The van der Waals surface area contributed by atoms with Crippen molar-refractivity contribution in [2.24, 2.45) is 5.92 Å². The zero-order valence-corrected chi connectivity index (χ0v) is 17.3. The van der Waals surface area contributed by atoms with Gasteiger partial charge in [0.05, 0.1) is 17.9 Å². The van der Waals surface area contributed by atoms with Gasteiger partial charge in [0.25, 0.3) is 0 Å². The minimum atomic E-state index is -4.41. The van der Waals surface area contributed by atoms with E-state index in [-0.39, 0.29) is 29.8 Å². The molecule has 0 bridgehead atoms. The summed E-state index contributed by atoms with van der Waals surface area (Å²) in [5.41, 5.74) is 0.514. The van der Waals surface area contributed by atoms with Gasteiger partial charge in [-0.2, -0.15) is 18.2 Å². The lowest BCUT2D eigenvalue weighted by molar-refractivity contribution is -0.137. The number of aryl methyl sites for hydroxylation is 1. The monoisotopic (exact) mass is 436 g/mol. The predicted molar refractivity (Wildman–Crippen MR) is 108 cm³/mol. The number of pyridine rings is 1. The van der Waals surface area contributed by atoms with Gasteiger partial charge >= 0.3 is 6.18 Å². The molecule has 2 aromatic rings. The molecule has 4 rings (SSSR count). The van der Waals surface area contributed by atoms with E-state index in [4.69, 9.17) is 4.74 Å². The van der Waals surface area contributed by atoms with Crippen LogP contribution in [0.3, 0.4) is 0 Å². The molecule has 0 unspecified atom stereocenters. The molecule has 2 aliphatic rings. The Balaban J connectivity index is 1.30. The second-order valence-electron chi connectivity index (χ2n) is 7.98. The number of aromatic nitrogens is 3. The Kier molecular flexibility index (Phi) is 5.36. The van der Waals surface area contributed by atoms with Crippen molar-refractivity contribution in [3.63, 3.8) is 0 Å². The zero-order valence-electron chi connectivity index (χ0n) is 17.3. The van der Waals surface area contributed by atoms with Gasteiger partial charge in [0.1, 0.15) is 11.7 Å². The summed E-state index contributed by atoms with van der Waals surface area (Å²) in [5, 5.41) is 6.16. The molecule has 3 heterocycles. The number of hydrogen-bond acceptors (Lipinski definition) is 7. The first-order chi connectivity index (χ1) is 14.6. The fourth-order valence-corrected chi connectivity index (χ4v) is 3.62. The molecule has 0 saturated heterocycles. The lowest BCUT2D eigenvalue weighted by atomic mass is 9.81. The number of nitrogens with one attached hydrogen (secondary N) is 2. The van der Waals surface area contributed by atoms with Crippen LogP contribution in [0.4, 0.5) is 30.6 Å². The van der Waals surface area contributed by atoms with Crippen LogP contribution in [0.5, 0.6) is 5.88 Å². The van der Waals surface area contributed by atoms with Crippen LogP contribution >= 0.6 is 0 Å². The predicted octanol–water partition coefficient (Wildman–Crippen LogP) is 3.25. The molecule has 1 amide bonds.